The van der Waals surface area contributed by atoms with Gasteiger partial charge in [0.15, 0.2) is 0 Å². The van der Waals surface area contributed by atoms with Crippen LogP contribution in [-0.4, -0.2) is 16.0 Å². The molecule has 0 bridgehead atoms. The van der Waals surface area contributed by atoms with Gasteiger partial charge in [-0.2, -0.15) is 0 Å². The number of hydrogen-bond acceptors (Lipinski definition) is 6. The van der Waals surface area contributed by atoms with Gasteiger partial charge in [0, 0.05) is 37.5 Å². The first kappa shape index (κ1) is 21.4. The monoisotopic (exact) mass is 427 g/mol. The van der Waals surface area contributed by atoms with E-state index < -0.39 is 0 Å². The van der Waals surface area contributed by atoms with Crippen molar-refractivity contribution in [2.45, 2.75) is 25.9 Å². The van der Waals surface area contributed by atoms with Crippen LogP contribution in [0.5, 0.6) is 0 Å². The first-order valence-electron chi connectivity index (χ1n) is 10.4. The molecule has 5 N–H and O–H groups in total. The van der Waals surface area contributed by atoms with Gasteiger partial charge in [-0.15, -0.1) is 0 Å². The summed E-state index contributed by atoms with van der Waals surface area (Å²) in [6, 6.07) is 19.5. The number of anilines is 1. The molecule has 0 saturated heterocycles. The SMILES string of the molecule is NCc1cccc(CCC(=O)Nc2onc(-c3cccc(CN)c3)c2-c2ccncc2)c1. The third-order valence-corrected chi connectivity index (χ3v) is 5.22. The average Bonchev–Trinajstić information content (AvgIpc) is 3.27. The molecule has 0 radical (unpaired) electrons. The molecule has 0 aliphatic carbocycles. The Labute approximate surface area is 186 Å². The van der Waals surface area contributed by atoms with E-state index in [4.69, 9.17) is 16.0 Å². The molecule has 7 heteroatoms. The molecule has 0 saturated carbocycles. The molecular weight excluding hydrogens is 402 g/mol. The van der Waals surface area contributed by atoms with E-state index in [-0.39, 0.29) is 5.91 Å². The van der Waals surface area contributed by atoms with Crippen LogP contribution in [0.1, 0.15) is 23.1 Å². The lowest BCUT2D eigenvalue weighted by molar-refractivity contribution is -0.116. The van der Waals surface area contributed by atoms with Gasteiger partial charge in [-0.3, -0.25) is 15.1 Å². The van der Waals surface area contributed by atoms with E-state index in [1.54, 1.807) is 12.4 Å². The molecule has 4 aromatic rings. The summed E-state index contributed by atoms with van der Waals surface area (Å²) in [5.41, 5.74) is 17.7. The predicted molar refractivity (Wildman–Crippen MR) is 124 cm³/mol. The van der Waals surface area contributed by atoms with Crippen LogP contribution in [0.4, 0.5) is 5.88 Å². The van der Waals surface area contributed by atoms with Crippen LogP contribution in [0.25, 0.3) is 22.4 Å². The maximum Gasteiger partial charge on any atom is 0.239 e. The van der Waals surface area contributed by atoms with Gasteiger partial charge in [-0.1, -0.05) is 47.6 Å². The summed E-state index contributed by atoms with van der Waals surface area (Å²) in [5, 5.41) is 7.16. The zero-order valence-electron chi connectivity index (χ0n) is 17.6. The number of aromatic nitrogens is 2. The van der Waals surface area contributed by atoms with Crippen molar-refractivity contribution in [3.8, 4) is 22.4 Å². The smallest absolute Gasteiger partial charge is 0.239 e. The molecule has 162 valence electrons. The summed E-state index contributed by atoms with van der Waals surface area (Å²) in [7, 11) is 0. The molecule has 2 aromatic carbocycles. The fraction of sp³-hybridized carbons (Fsp3) is 0.160. The first-order valence-corrected chi connectivity index (χ1v) is 10.4. The average molecular weight is 428 g/mol. The Kier molecular flexibility index (Phi) is 6.69. The van der Waals surface area contributed by atoms with E-state index in [0.717, 1.165) is 27.8 Å². The molecule has 4 rings (SSSR count). The third kappa shape index (κ3) is 4.91. The Morgan fingerprint density at radius 2 is 1.56 bits per heavy atom. The van der Waals surface area contributed by atoms with E-state index in [2.05, 4.69) is 15.5 Å². The van der Waals surface area contributed by atoms with Gasteiger partial charge in [0.25, 0.3) is 0 Å². The van der Waals surface area contributed by atoms with Gasteiger partial charge in [0.2, 0.25) is 11.8 Å². The van der Waals surface area contributed by atoms with Crippen LogP contribution in [0, 0.1) is 0 Å². The largest absolute Gasteiger partial charge is 0.337 e. The van der Waals surface area contributed by atoms with Crippen LogP contribution in [0.3, 0.4) is 0 Å². The van der Waals surface area contributed by atoms with E-state index in [0.29, 0.717) is 43.1 Å². The lowest BCUT2D eigenvalue weighted by Gasteiger charge is -2.07. The van der Waals surface area contributed by atoms with Crippen LogP contribution in [0.2, 0.25) is 0 Å². The second kappa shape index (κ2) is 10.00. The standard InChI is InChI=1S/C25H25N5O2/c26-15-18-4-1-3-17(13-18)7-8-22(31)29-25-23(20-9-11-28-12-10-20)24(30-32-25)21-6-2-5-19(14-21)16-27/h1-6,9-14H,7-8,15-16,26-27H2,(H,29,31). The van der Waals surface area contributed by atoms with Crippen LogP contribution in [0.15, 0.2) is 77.6 Å². The highest BCUT2D eigenvalue weighted by molar-refractivity contribution is 5.97. The number of amides is 1. The van der Waals surface area contributed by atoms with Crippen molar-refractivity contribution in [1.82, 2.24) is 10.1 Å². The van der Waals surface area contributed by atoms with Gasteiger partial charge in [0.05, 0.1) is 5.56 Å². The molecule has 0 aliphatic heterocycles. The van der Waals surface area contributed by atoms with Gasteiger partial charge in [-0.25, -0.2) is 0 Å². The molecule has 0 atom stereocenters. The molecule has 0 aliphatic rings. The topological polar surface area (TPSA) is 120 Å². The summed E-state index contributed by atoms with van der Waals surface area (Å²) in [4.78, 5) is 16.8. The number of rotatable bonds is 8. The minimum atomic E-state index is -0.156. The van der Waals surface area contributed by atoms with Gasteiger partial charge in [0.1, 0.15) is 5.69 Å². The Morgan fingerprint density at radius 1 is 0.875 bits per heavy atom. The summed E-state index contributed by atoms with van der Waals surface area (Å²) in [6.45, 7) is 0.896. The van der Waals surface area contributed by atoms with Crippen molar-refractivity contribution < 1.29 is 9.32 Å². The molecule has 0 spiro atoms. The van der Waals surface area contributed by atoms with Crippen molar-refractivity contribution >= 4 is 11.8 Å². The second-order valence-electron chi connectivity index (χ2n) is 7.45. The van der Waals surface area contributed by atoms with Crippen molar-refractivity contribution in [3.63, 3.8) is 0 Å². The number of nitrogens with one attached hydrogen (secondary N) is 1. The van der Waals surface area contributed by atoms with Gasteiger partial charge in [-0.05, 0) is 46.9 Å². The number of nitrogens with two attached hydrogens (primary N) is 2. The van der Waals surface area contributed by atoms with E-state index in [1.807, 2.05) is 60.7 Å². The summed E-state index contributed by atoms with van der Waals surface area (Å²) in [6.07, 6.45) is 4.29. The van der Waals surface area contributed by atoms with E-state index in [1.165, 1.54) is 0 Å². The Morgan fingerprint density at radius 3 is 2.31 bits per heavy atom. The number of hydrogen-bond donors (Lipinski definition) is 3. The van der Waals surface area contributed by atoms with Crippen molar-refractivity contribution in [1.29, 1.82) is 0 Å². The fourth-order valence-electron chi connectivity index (χ4n) is 3.56. The molecular formula is C25H25N5O2. The highest BCUT2D eigenvalue weighted by atomic mass is 16.5. The highest BCUT2D eigenvalue weighted by Gasteiger charge is 2.21. The molecule has 1 amide bonds. The van der Waals surface area contributed by atoms with Gasteiger partial charge < -0.3 is 16.0 Å². The summed E-state index contributed by atoms with van der Waals surface area (Å²) in [5.74, 6) is 0.155. The van der Waals surface area contributed by atoms with Crippen molar-refractivity contribution in [3.05, 3.63) is 89.7 Å². The molecule has 32 heavy (non-hydrogen) atoms. The minimum Gasteiger partial charge on any atom is -0.337 e. The van der Waals surface area contributed by atoms with Crippen LogP contribution in [-0.2, 0) is 24.3 Å². The van der Waals surface area contributed by atoms with E-state index in [9.17, 15) is 4.79 Å². The minimum absolute atomic E-state index is 0.156. The Bertz CT molecular complexity index is 1200. The molecule has 2 heterocycles. The first-order chi connectivity index (χ1) is 15.7. The number of aryl methyl sites for hydroxylation is 1. The van der Waals surface area contributed by atoms with E-state index >= 15 is 0 Å². The lowest BCUT2D eigenvalue weighted by Crippen LogP contribution is -2.12. The normalized spacial score (nSPS) is 10.8. The van der Waals surface area contributed by atoms with Gasteiger partial charge >= 0.3 is 0 Å². The molecule has 0 unspecified atom stereocenters. The number of carbonyl (C=O) groups excluding carboxylic acids is 1. The Hall–Kier alpha value is -3.81. The second-order valence-corrected chi connectivity index (χ2v) is 7.45. The number of carbonyl (C=O) groups is 1. The fourth-order valence-corrected chi connectivity index (χ4v) is 3.56. The van der Waals surface area contributed by atoms with Crippen molar-refractivity contribution in [2.75, 3.05) is 5.32 Å². The molecule has 2 aromatic heterocycles. The summed E-state index contributed by atoms with van der Waals surface area (Å²) >= 11 is 0. The maximum absolute atomic E-state index is 12.7. The Balaban J connectivity index is 1.59. The maximum atomic E-state index is 12.7. The number of benzene rings is 2. The summed E-state index contributed by atoms with van der Waals surface area (Å²) < 4.78 is 5.59. The third-order valence-electron chi connectivity index (χ3n) is 5.22. The molecule has 7 nitrogen and oxygen atoms in total. The van der Waals surface area contributed by atoms with Crippen molar-refractivity contribution in [2.24, 2.45) is 11.5 Å². The zero-order valence-corrected chi connectivity index (χ0v) is 17.6. The number of pyridine rings is 1. The quantitative estimate of drug-likeness (QED) is 0.392. The molecule has 0 fully saturated rings. The predicted octanol–water partition coefficient (Wildman–Crippen LogP) is 3.89. The van der Waals surface area contributed by atoms with Crippen LogP contribution < -0.4 is 16.8 Å². The highest BCUT2D eigenvalue weighted by Crippen LogP contribution is 2.37. The zero-order chi connectivity index (χ0) is 22.3. The van der Waals surface area contributed by atoms with Crippen LogP contribution >= 0.6 is 0 Å². The number of nitrogens with zero attached hydrogens (tertiary/aromatic N) is 2. The lowest BCUT2D eigenvalue weighted by atomic mass is 10.00.